The number of phenols is 1. The first-order valence-corrected chi connectivity index (χ1v) is 12.4. The van der Waals surface area contributed by atoms with Gasteiger partial charge in [0.1, 0.15) is 11.5 Å². The van der Waals surface area contributed by atoms with Crippen molar-refractivity contribution in [2.75, 3.05) is 28.6 Å². The van der Waals surface area contributed by atoms with E-state index in [1.165, 1.54) is 0 Å². The molecule has 3 N–H and O–H groups in total. The molecule has 1 saturated carbocycles. The highest BCUT2D eigenvalue weighted by Gasteiger charge is 2.42. The van der Waals surface area contributed by atoms with Gasteiger partial charge in [-0.05, 0) is 49.9 Å². The molecular weight excluding hydrogens is 442 g/mol. The summed E-state index contributed by atoms with van der Waals surface area (Å²) in [6, 6.07) is 11.6. The molecule has 3 fully saturated rings. The largest absolute Gasteiger partial charge is 0.507 e. The number of benzene rings is 1. The Bertz CT molecular complexity index is 1240. The molecule has 0 radical (unpaired) electrons. The number of carbonyl (C=O) groups is 1. The van der Waals surface area contributed by atoms with Crippen LogP contribution in [0.25, 0.3) is 11.3 Å². The molecule has 0 spiro atoms. The quantitative estimate of drug-likeness (QED) is 0.590. The van der Waals surface area contributed by atoms with Gasteiger partial charge in [-0.3, -0.25) is 4.79 Å². The van der Waals surface area contributed by atoms with Crippen molar-refractivity contribution in [1.82, 2.24) is 20.2 Å². The van der Waals surface area contributed by atoms with Crippen LogP contribution in [-0.2, 0) is 4.79 Å². The molecule has 2 unspecified atom stereocenters. The number of phenolic OH excluding ortho intramolecular Hbond substituents is 1. The smallest absolute Gasteiger partial charge is 0.226 e. The van der Waals surface area contributed by atoms with Crippen molar-refractivity contribution in [3.8, 4) is 17.0 Å². The lowest BCUT2D eigenvalue weighted by atomic mass is 9.86. The number of nitrogen functional groups attached to an aromatic ring is 1. The Balaban J connectivity index is 1.24. The molecule has 2 aliphatic heterocycles. The van der Waals surface area contributed by atoms with E-state index in [0.717, 1.165) is 56.1 Å². The number of nitrogens with two attached hydrogens (primary N) is 1. The molecule has 4 heterocycles. The van der Waals surface area contributed by atoms with Crippen molar-refractivity contribution in [1.29, 1.82) is 0 Å². The van der Waals surface area contributed by atoms with Crippen LogP contribution >= 0.6 is 0 Å². The second-order valence-electron chi connectivity index (χ2n) is 9.81. The summed E-state index contributed by atoms with van der Waals surface area (Å²) >= 11 is 0. The number of Topliss-reactive ketones (excluding diaryl/α,β-unsaturated/α-hetero) is 1. The second-order valence-corrected chi connectivity index (χ2v) is 9.81. The van der Waals surface area contributed by atoms with Crippen LogP contribution in [0.1, 0.15) is 50.1 Å². The first-order valence-electron chi connectivity index (χ1n) is 12.4. The molecule has 3 aromatic rings. The zero-order valence-electron chi connectivity index (χ0n) is 19.5. The van der Waals surface area contributed by atoms with E-state index < -0.39 is 0 Å². The van der Waals surface area contributed by atoms with Crippen LogP contribution in [0.2, 0.25) is 0 Å². The minimum absolute atomic E-state index is 0.168. The number of piperazine rings is 1. The molecule has 6 rings (SSSR count). The first kappa shape index (κ1) is 21.8. The number of aromatic nitrogens is 4. The van der Waals surface area contributed by atoms with Crippen LogP contribution in [0, 0.1) is 0 Å². The Kier molecular flexibility index (Phi) is 5.47. The summed E-state index contributed by atoms with van der Waals surface area (Å²) in [6.45, 7) is 1.58. The molecule has 3 aliphatic rings. The topological polar surface area (TPSA) is 121 Å². The van der Waals surface area contributed by atoms with Gasteiger partial charge in [0.25, 0.3) is 0 Å². The van der Waals surface area contributed by atoms with Gasteiger partial charge in [0.2, 0.25) is 5.95 Å². The SMILES string of the molecule is Nc1nnc(-c2ccccc2O)cc1N1CC2CCC(C1)N2c1nccc(C2CCC(=O)CC2)n1. The van der Waals surface area contributed by atoms with E-state index in [1.807, 2.05) is 30.5 Å². The van der Waals surface area contributed by atoms with E-state index in [-0.39, 0.29) is 17.8 Å². The number of ketones is 1. The summed E-state index contributed by atoms with van der Waals surface area (Å²) in [7, 11) is 0. The minimum Gasteiger partial charge on any atom is -0.507 e. The Hall–Kier alpha value is -3.75. The number of hydrogen-bond acceptors (Lipinski definition) is 9. The van der Waals surface area contributed by atoms with Crippen LogP contribution < -0.4 is 15.5 Å². The highest BCUT2D eigenvalue weighted by Crippen LogP contribution is 2.38. The van der Waals surface area contributed by atoms with Gasteiger partial charge < -0.3 is 20.6 Å². The molecule has 1 aliphatic carbocycles. The van der Waals surface area contributed by atoms with Gasteiger partial charge >= 0.3 is 0 Å². The predicted octanol–water partition coefficient (Wildman–Crippen LogP) is 3.31. The lowest BCUT2D eigenvalue weighted by molar-refractivity contribution is -0.120. The van der Waals surface area contributed by atoms with E-state index in [2.05, 4.69) is 25.0 Å². The normalized spacial score (nSPS) is 22.6. The fraction of sp³-hybridized carbons (Fsp3) is 0.423. The Labute approximate surface area is 204 Å². The molecule has 180 valence electrons. The van der Waals surface area contributed by atoms with Gasteiger partial charge in [0, 0.05) is 61.4 Å². The number of nitrogens with zero attached hydrogens (tertiary/aromatic N) is 6. The summed E-state index contributed by atoms with van der Waals surface area (Å²) in [5.74, 6) is 2.05. The molecule has 2 aromatic heterocycles. The molecule has 2 saturated heterocycles. The van der Waals surface area contributed by atoms with E-state index in [9.17, 15) is 9.90 Å². The maximum Gasteiger partial charge on any atom is 0.226 e. The minimum atomic E-state index is 0.168. The summed E-state index contributed by atoms with van der Waals surface area (Å²) in [6.07, 6.45) is 7.06. The molecule has 9 nitrogen and oxygen atoms in total. The zero-order chi connectivity index (χ0) is 23.9. The van der Waals surface area contributed by atoms with Crippen molar-refractivity contribution >= 4 is 23.2 Å². The molecular formula is C26H29N7O2. The van der Waals surface area contributed by atoms with Crippen LogP contribution in [0.4, 0.5) is 17.5 Å². The van der Waals surface area contributed by atoms with Gasteiger partial charge in [-0.2, -0.15) is 0 Å². The molecule has 35 heavy (non-hydrogen) atoms. The van der Waals surface area contributed by atoms with Crippen molar-refractivity contribution in [2.24, 2.45) is 0 Å². The summed E-state index contributed by atoms with van der Waals surface area (Å²) in [5.41, 5.74) is 9.40. The third-order valence-electron chi connectivity index (χ3n) is 7.66. The fourth-order valence-electron chi connectivity index (χ4n) is 5.84. The maximum absolute atomic E-state index is 11.7. The Morgan fingerprint density at radius 2 is 1.71 bits per heavy atom. The number of fused-ring (bicyclic) bond motifs is 2. The van der Waals surface area contributed by atoms with Gasteiger partial charge in [-0.1, -0.05) is 12.1 Å². The molecule has 0 amide bonds. The highest BCUT2D eigenvalue weighted by molar-refractivity contribution is 5.79. The van der Waals surface area contributed by atoms with Gasteiger partial charge in [0.05, 0.1) is 11.4 Å². The number of rotatable bonds is 4. The maximum atomic E-state index is 11.7. The van der Waals surface area contributed by atoms with Crippen LogP contribution in [0.5, 0.6) is 5.75 Å². The Morgan fingerprint density at radius 1 is 0.971 bits per heavy atom. The summed E-state index contributed by atoms with van der Waals surface area (Å²) < 4.78 is 0. The van der Waals surface area contributed by atoms with Crippen molar-refractivity contribution in [3.63, 3.8) is 0 Å². The van der Waals surface area contributed by atoms with Crippen LogP contribution in [0.15, 0.2) is 42.6 Å². The molecule has 1 aromatic carbocycles. The lowest BCUT2D eigenvalue weighted by Crippen LogP contribution is -2.54. The highest BCUT2D eigenvalue weighted by atomic mass is 16.3. The van der Waals surface area contributed by atoms with Crippen molar-refractivity contribution < 1.29 is 9.90 Å². The van der Waals surface area contributed by atoms with Gasteiger partial charge in [-0.25, -0.2) is 9.97 Å². The predicted molar refractivity (Wildman–Crippen MR) is 133 cm³/mol. The number of anilines is 3. The second kappa shape index (κ2) is 8.79. The molecule has 9 heteroatoms. The van der Waals surface area contributed by atoms with E-state index in [4.69, 9.17) is 10.7 Å². The van der Waals surface area contributed by atoms with Crippen molar-refractivity contribution in [2.45, 2.75) is 56.5 Å². The van der Waals surface area contributed by atoms with Gasteiger partial charge in [-0.15, -0.1) is 10.2 Å². The number of para-hydroxylation sites is 1. The first-order chi connectivity index (χ1) is 17.1. The fourth-order valence-corrected chi connectivity index (χ4v) is 5.84. The van der Waals surface area contributed by atoms with E-state index in [0.29, 0.717) is 41.6 Å². The third kappa shape index (κ3) is 4.05. The average Bonchev–Trinajstić information content (AvgIpc) is 3.14. The number of aromatic hydroxyl groups is 1. The summed E-state index contributed by atoms with van der Waals surface area (Å²) in [5, 5.41) is 18.7. The standard InChI is InChI=1S/C26H29N7O2/c27-25-23(13-22(30-31-25)20-3-1-2-4-24(20)35)32-14-17-7-8-18(15-32)33(17)26-28-12-11-21(29-26)16-5-9-19(34)10-6-16/h1-4,11-13,16-18,35H,5-10,14-15H2,(H2,27,31). The summed E-state index contributed by atoms with van der Waals surface area (Å²) in [4.78, 5) is 25.9. The Morgan fingerprint density at radius 3 is 2.46 bits per heavy atom. The molecule has 2 atom stereocenters. The lowest BCUT2D eigenvalue weighted by Gasteiger charge is -2.42. The average molecular weight is 472 g/mol. The number of carbonyl (C=O) groups excluding carboxylic acids is 1. The van der Waals surface area contributed by atoms with Crippen LogP contribution in [-0.4, -0.2) is 56.2 Å². The molecule has 2 bridgehead atoms. The zero-order valence-corrected chi connectivity index (χ0v) is 19.5. The number of hydrogen-bond donors (Lipinski definition) is 2. The third-order valence-corrected chi connectivity index (χ3v) is 7.66. The van der Waals surface area contributed by atoms with E-state index in [1.54, 1.807) is 12.1 Å². The van der Waals surface area contributed by atoms with E-state index >= 15 is 0 Å². The van der Waals surface area contributed by atoms with Crippen LogP contribution in [0.3, 0.4) is 0 Å². The van der Waals surface area contributed by atoms with Crippen molar-refractivity contribution in [3.05, 3.63) is 48.3 Å². The van der Waals surface area contributed by atoms with Gasteiger partial charge in [0.15, 0.2) is 5.82 Å². The monoisotopic (exact) mass is 471 g/mol.